The molecule has 0 aromatic heterocycles. The summed E-state index contributed by atoms with van der Waals surface area (Å²) in [4.78, 5) is 0. The second-order valence-corrected chi connectivity index (χ2v) is 6.02. The zero-order chi connectivity index (χ0) is 13.8. The van der Waals surface area contributed by atoms with Gasteiger partial charge in [0.05, 0.1) is 0 Å². The SMILES string of the molecule is CCNC1CC(C)CCc2cc(CC)c(CC)cc21. The summed E-state index contributed by atoms with van der Waals surface area (Å²) < 4.78 is 0. The summed E-state index contributed by atoms with van der Waals surface area (Å²) in [5.74, 6) is 0.826. The number of hydrogen-bond donors (Lipinski definition) is 1. The highest BCUT2D eigenvalue weighted by atomic mass is 14.9. The first-order valence-electron chi connectivity index (χ1n) is 8.07. The average molecular weight is 259 g/mol. The maximum absolute atomic E-state index is 3.70. The standard InChI is InChI=1S/C18H29N/c1-5-14-11-16-9-8-13(4)10-18(19-7-3)17(16)12-15(14)6-2/h11-13,18-19H,5-10H2,1-4H3. The number of benzene rings is 1. The van der Waals surface area contributed by atoms with Crippen molar-refractivity contribution in [2.75, 3.05) is 6.54 Å². The zero-order valence-corrected chi connectivity index (χ0v) is 13.1. The minimum absolute atomic E-state index is 0.564. The average Bonchev–Trinajstić information content (AvgIpc) is 2.57. The van der Waals surface area contributed by atoms with Gasteiger partial charge in [0.2, 0.25) is 0 Å². The van der Waals surface area contributed by atoms with Crippen LogP contribution in [0, 0.1) is 5.92 Å². The second kappa shape index (κ2) is 6.56. The molecule has 2 atom stereocenters. The lowest BCUT2D eigenvalue weighted by molar-refractivity contribution is 0.414. The maximum Gasteiger partial charge on any atom is 0.0325 e. The fourth-order valence-corrected chi connectivity index (χ4v) is 3.45. The first-order valence-corrected chi connectivity index (χ1v) is 8.07. The quantitative estimate of drug-likeness (QED) is 0.789. The van der Waals surface area contributed by atoms with Crippen LogP contribution in [-0.4, -0.2) is 6.54 Å². The van der Waals surface area contributed by atoms with E-state index in [-0.39, 0.29) is 0 Å². The van der Waals surface area contributed by atoms with Crippen molar-refractivity contribution in [1.29, 1.82) is 0 Å². The van der Waals surface area contributed by atoms with Crippen molar-refractivity contribution >= 4 is 0 Å². The molecule has 0 spiro atoms. The van der Waals surface area contributed by atoms with E-state index < -0.39 is 0 Å². The molecule has 0 fully saturated rings. The number of rotatable bonds is 4. The van der Waals surface area contributed by atoms with Crippen LogP contribution in [0.1, 0.15) is 68.8 Å². The van der Waals surface area contributed by atoms with Crippen LogP contribution in [-0.2, 0) is 19.3 Å². The summed E-state index contributed by atoms with van der Waals surface area (Å²) in [6, 6.07) is 5.56. The van der Waals surface area contributed by atoms with Crippen LogP contribution in [0.4, 0.5) is 0 Å². The molecule has 0 heterocycles. The molecule has 0 bridgehead atoms. The first kappa shape index (κ1) is 14.6. The highest BCUT2D eigenvalue weighted by molar-refractivity contribution is 5.41. The molecule has 2 unspecified atom stereocenters. The monoisotopic (exact) mass is 259 g/mol. The molecule has 2 rings (SSSR count). The van der Waals surface area contributed by atoms with Crippen molar-refractivity contribution < 1.29 is 0 Å². The highest BCUT2D eigenvalue weighted by Crippen LogP contribution is 2.33. The summed E-state index contributed by atoms with van der Waals surface area (Å²) in [5, 5.41) is 3.70. The molecule has 1 N–H and O–H groups in total. The van der Waals surface area contributed by atoms with E-state index in [1.807, 2.05) is 0 Å². The topological polar surface area (TPSA) is 12.0 Å². The van der Waals surface area contributed by atoms with Gasteiger partial charge >= 0.3 is 0 Å². The lowest BCUT2D eigenvalue weighted by Gasteiger charge is -2.22. The lowest BCUT2D eigenvalue weighted by Crippen LogP contribution is -2.22. The normalized spacial score (nSPS) is 22.9. The van der Waals surface area contributed by atoms with Gasteiger partial charge in [0.15, 0.2) is 0 Å². The Bertz CT molecular complexity index is 422. The first-order chi connectivity index (χ1) is 9.19. The molecular weight excluding hydrogens is 230 g/mol. The van der Waals surface area contributed by atoms with Gasteiger partial charge in [-0.2, -0.15) is 0 Å². The van der Waals surface area contributed by atoms with Crippen LogP contribution in [0.25, 0.3) is 0 Å². The van der Waals surface area contributed by atoms with Gasteiger partial charge < -0.3 is 5.32 Å². The lowest BCUT2D eigenvalue weighted by atomic mass is 9.91. The minimum Gasteiger partial charge on any atom is -0.310 e. The van der Waals surface area contributed by atoms with Gasteiger partial charge in [-0.1, -0.05) is 39.8 Å². The molecule has 0 saturated heterocycles. The number of aryl methyl sites for hydroxylation is 3. The molecule has 1 nitrogen and oxygen atoms in total. The van der Waals surface area contributed by atoms with E-state index in [4.69, 9.17) is 0 Å². The highest BCUT2D eigenvalue weighted by Gasteiger charge is 2.22. The Kier molecular flexibility index (Phi) is 5.04. The predicted octanol–water partition coefficient (Wildman–Crippen LogP) is 4.43. The molecule has 0 radical (unpaired) electrons. The minimum atomic E-state index is 0.564. The van der Waals surface area contributed by atoms with Crippen LogP contribution >= 0.6 is 0 Å². The maximum atomic E-state index is 3.70. The summed E-state index contributed by atoms with van der Waals surface area (Å²) in [7, 11) is 0. The molecule has 19 heavy (non-hydrogen) atoms. The van der Waals surface area contributed by atoms with Gasteiger partial charge in [0.1, 0.15) is 0 Å². The van der Waals surface area contributed by atoms with E-state index in [1.54, 1.807) is 22.3 Å². The Morgan fingerprint density at radius 1 is 1.11 bits per heavy atom. The number of nitrogens with one attached hydrogen (secondary N) is 1. The third-order valence-corrected chi connectivity index (χ3v) is 4.59. The number of hydrogen-bond acceptors (Lipinski definition) is 1. The van der Waals surface area contributed by atoms with Crippen LogP contribution in [0.15, 0.2) is 12.1 Å². The Labute approximate surface area is 118 Å². The predicted molar refractivity (Wildman–Crippen MR) is 83.7 cm³/mol. The molecule has 0 amide bonds. The van der Waals surface area contributed by atoms with Crippen molar-refractivity contribution in [3.63, 3.8) is 0 Å². The summed E-state index contributed by atoms with van der Waals surface area (Å²) >= 11 is 0. The van der Waals surface area contributed by atoms with Crippen molar-refractivity contribution in [3.05, 3.63) is 34.4 Å². The van der Waals surface area contributed by atoms with E-state index in [2.05, 4.69) is 45.1 Å². The van der Waals surface area contributed by atoms with Gasteiger partial charge in [0, 0.05) is 6.04 Å². The van der Waals surface area contributed by atoms with E-state index in [9.17, 15) is 0 Å². The van der Waals surface area contributed by atoms with Gasteiger partial charge in [-0.25, -0.2) is 0 Å². The van der Waals surface area contributed by atoms with Crippen molar-refractivity contribution in [2.24, 2.45) is 5.92 Å². The number of fused-ring (bicyclic) bond motifs is 1. The largest absolute Gasteiger partial charge is 0.310 e. The summed E-state index contributed by atoms with van der Waals surface area (Å²) in [6.07, 6.45) is 6.21. The second-order valence-electron chi connectivity index (χ2n) is 6.02. The van der Waals surface area contributed by atoms with E-state index in [0.29, 0.717) is 6.04 Å². The van der Waals surface area contributed by atoms with E-state index in [0.717, 1.165) is 25.3 Å². The zero-order valence-electron chi connectivity index (χ0n) is 13.1. The van der Waals surface area contributed by atoms with Crippen molar-refractivity contribution in [2.45, 2.75) is 65.8 Å². The molecule has 1 aromatic carbocycles. The summed E-state index contributed by atoms with van der Waals surface area (Å²) in [5.41, 5.74) is 6.30. The smallest absolute Gasteiger partial charge is 0.0325 e. The van der Waals surface area contributed by atoms with Crippen molar-refractivity contribution in [3.8, 4) is 0 Å². The Morgan fingerprint density at radius 3 is 2.42 bits per heavy atom. The molecule has 0 saturated carbocycles. The van der Waals surface area contributed by atoms with Gasteiger partial charge in [-0.3, -0.25) is 0 Å². The fraction of sp³-hybridized carbons (Fsp3) is 0.667. The Morgan fingerprint density at radius 2 is 1.79 bits per heavy atom. The van der Waals surface area contributed by atoms with Gasteiger partial charge in [-0.15, -0.1) is 0 Å². The van der Waals surface area contributed by atoms with E-state index >= 15 is 0 Å². The van der Waals surface area contributed by atoms with Crippen LogP contribution in [0.5, 0.6) is 0 Å². The fourth-order valence-electron chi connectivity index (χ4n) is 3.45. The third kappa shape index (κ3) is 3.20. The third-order valence-electron chi connectivity index (χ3n) is 4.59. The van der Waals surface area contributed by atoms with Gasteiger partial charge in [-0.05, 0) is 66.8 Å². The molecule has 1 heteroatoms. The van der Waals surface area contributed by atoms with Crippen LogP contribution < -0.4 is 5.32 Å². The Balaban J connectivity index is 2.43. The van der Waals surface area contributed by atoms with Gasteiger partial charge in [0.25, 0.3) is 0 Å². The molecule has 106 valence electrons. The van der Waals surface area contributed by atoms with Crippen molar-refractivity contribution in [1.82, 2.24) is 5.32 Å². The van der Waals surface area contributed by atoms with Crippen LogP contribution in [0.3, 0.4) is 0 Å². The molecule has 0 aliphatic heterocycles. The van der Waals surface area contributed by atoms with E-state index in [1.165, 1.54) is 19.3 Å². The Hall–Kier alpha value is -0.820. The molecule has 1 aliphatic rings. The molecular formula is C18H29N. The summed E-state index contributed by atoms with van der Waals surface area (Å²) in [6.45, 7) is 10.2. The molecule has 1 aromatic rings. The van der Waals surface area contributed by atoms with Crippen LogP contribution in [0.2, 0.25) is 0 Å². The molecule has 1 aliphatic carbocycles.